The van der Waals surface area contributed by atoms with E-state index >= 15 is 0 Å². The van der Waals surface area contributed by atoms with Gasteiger partial charge >= 0.3 is 42.8 Å². The molecule has 0 radical (unpaired) electrons. The van der Waals surface area contributed by atoms with E-state index in [1.165, 1.54) is 10.6 Å². The van der Waals surface area contributed by atoms with Crippen molar-refractivity contribution in [3.63, 3.8) is 0 Å². The van der Waals surface area contributed by atoms with E-state index in [1.54, 1.807) is 0 Å². The van der Waals surface area contributed by atoms with Crippen molar-refractivity contribution in [2.75, 3.05) is 0 Å². The van der Waals surface area contributed by atoms with Gasteiger partial charge in [0.05, 0.1) is 0 Å². The smallest absolute Gasteiger partial charge is 0.0226 e. The van der Waals surface area contributed by atoms with Crippen LogP contribution >= 0.6 is 36.1 Å². The summed E-state index contributed by atoms with van der Waals surface area (Å²) >= 11 is -1.79. The van der Waals surface area contributed by atoms with Gasteiger partial charge in [0.2, 0.25) is 0 Å². The van der Waals surface area contributed by atoms with Crippen molar-refractivity contribution >= 4 is 46.8 Å². The van der Waals surface area contributed by atoms with E-state index in [9.17, 15) is 0 Å². The van der Waals surface area contributed by atoms with Crippen LogP contribution in [-0.4, -0.2) is 0 Å². The van der Waals surface area contributed by atoms with Crippen LogP contribution in [0.3, 0.4) is 0 Å². The Balaban J connectivity index is 0.000000317. The Kier molecular flexibility index (Phi) is 8.61. The molecule has 0 N–H and O–H groups in total. The minimum absolute atomic E-state index is 0.777. The quantitative estimate of drug-likeness (QED) is 0.434. The van der Waals surface area contributed by atoms with Gasteiger partial charge in [0.15, 0.2) is 0 Å². The maximum atomic E-state index is 4.95. The topological polar surface area (TPSA) is 0 Å². The van der Waals surface area contributed by atoms with Crippen molar-refractivity contribution in [3.8, 4) is 0 Å². The average Bonchev–Trinajstić information content (AvgIpc) is 2.31. The Bertz CT molecular complexity index is 368. The molecule has 5 heteroatoms. The first kappa shape index (κ1) is 15.5. The molecule has 17 heavy (non-hydrogen) atoms. The molecule has 0 nitrogen and oxygen atoms in total. The summed E-state index contributed by atoms with van der Waals surface area (Å²) in [7, 11) is 15.6. The second-order valence-electron chi connectivity index (χ2n) is 2.99. The zero-order chi connectivity index (χ0) is 12.5. The Morgan fingerprint density at radius 1 is 0.647 bits per heavy atom. The fourth-order valence-electron chi connectivity index (χ4n) is 1.21. The van der Waals surface area contributed by atoms with Crippen LogP contribution < -0.4 is 10.6 Å². The molecule has 0 bridgehead atoms. The van der Waals surface area contributed by atoms with E-state index in [2.05, 4.69) is 60.7 Å². The molecular formula is C12H11AuCl3P. The summed E-state index contributed by atoms with van der Waals surface area (Å²) in [6, 6.07) is 21.2. The van der Waals surface area contributed by atoms with Crippen LogP contribution in [0.25, 0.3) is 0 Å². The number of rotatable bonds is 2. The van der Waals surface area contributed by atoms with Crippen LogP contribution in [0.5, 0.6) is 0 Å². The third-order valence-corrected chi connectivity index (χ3v) is 3.08. The third kappa shape index (κ3) is 8.24. The van der Waals surface area contributed by atoms with Gasteiger partial charge in [-0.05, 0) is 10.6 Å². The van der Waals surface area contributed by atoms with E-state index in [4.69, 9.17) is 27.6 Å². The average molecular weight is 490 g/mol. The van der Waals surface area contributed by atoms with Gasteiger partial charge in [0, 0.05) is 0 Å². The predicted molar refractivity (Wildman–Crippen MR) is 78.0 cm³/mol. The van der Waals surface area contributed by atoms with Crippen molar-refractivity contribution in [3.05, 3.63) is 60.7 Å². The van der Waals surface area contributed by atoms with Gasteiger partial charge in [0.1, 0.15) is 0 Å². The van der Waals surface area contributed by atoms with E-state index in [-0.39, 0.29) is 0 Å². The Morgan fingerprint density at radius 2 is 0.941 bits per heavy atom. The van der Waals surface area contributed by atoms with Crippen LogP contribution in [-0.2, 0) is 15.2 Å². The minimum Gasteiger partial charge on any atom is -0.0622 e. The summed E-state index contributed by atoms with van der Waals surface area (Å²) in [5.41, 5.74) is 0. The van der Waals surface area contributed by atoms with Crippen LogP contribution in [0.2, 0.25) is 0 Å². The first-order chi connectivity index (χ1) is 8.18. The molecule has 2 aromatic rings. The van der Waals surface area contributed by atoms with Crippen molar-refractivity contribution in [2.45, 2.75) is 0 Å². The van der Waals surface area contributed by atoms with Crippen LogP contribution in [0.15, 0.2) is 60.7 Å². The monoisotopic (exact) mass is 488 g/mol. The fraction of sp³-hybridized carbons (Fsp3) is 0. The predicted octanol–water partition coefficient (Wildman–Crippen LogP) is 4.38. The van der Waals surface area contributed by atoms with Gasteiger partial charge in [0.25, 0.3) is 0 Å². The minimum atomic E-state index is -1.79. The summed E-state index contributed by atoms with van der Waals surface area (Å²) in [6.07, 6.45) is 0. The first-order valence-corrected chi connectivity index (χ1v) is 13.7. The van der Waals surface area contributed by atoms with E-state index in [0.29, 0.717) is 0 Å². The van der Waals surface area contributed by atoms with Gasteiger partial charge in [-0.15, -0.1) is 0 Å². The normalized spacial score (nSPS) is 10.2. The Morgan fingerprint density at radius 3 is 1.24 bits per heavy atom. The van der Waals surface area contributed by atoms with Crippen molar-refractivity contribution in [1.82, 2.24) is 0 Å². The molecule has 96 valence electrons. The molecule has 0 atom stereocenters. The summed E-state index contributed by atoms with van der Waals surface area (Å²) < 4.78 is 0. The van der Waals surface area contributed by atoms with E-state index < -0.39 is 15.2 Å². The van der Waals surface area contributed by atoms with Gasteiger partial charge in [-0.1, -0.05) is 69.2 Å². The van der Waals surface area contributed by atoms with Crippen molar-refractivity contribution in [2.24, 2.45) is 0 Å². The van der Waals surface area contributed by atoms with Crippen molar-refractivity contribution < 1.29 is 15.2 Å². The molecule has 2 aromatic carbocycles. The molecule has 0 saturated heterocycles. The molecule has 0 heterocycles. The fourth-order valence-corrected chi connectivity index (χ4v) is 2.26. The molecule has 0 aliphatic rings. The standard InChI is InChI=1S/C12H11P.Au.3ClH/c1-3-7-11(8-4-1)13-12-9-5-2-6-10-12;;;;/h1-10,13H;;3*1H/q;+3;;;/p-3. The zero-order valence-electron chi connectivity index (χ0n) is 8.71. The summed E-state index contributed by atoms with van der Waals surface area (Å²) in [6.45, 7) is 0. The second kappa shape index (κ2) is 9.42. The van der Waals surface area contributed by atoms with Crippen LogP contribution in [0.1, 0.15) is 0 Å². The summed E-state index contributed by atoms with van der Waals surface area (Å²) in [5.74, 6) is 0. The second-order valence-corrected chi connectivity index (χ2v) is 13.8. The molecule has 0 aromatic heterocycles. The molecule has 0 saturated carbocycles. The third-order valence-electron chi connectivity index (χ3n) is 1.84. The molecule has 2 rings (SSSR count). The molecule has 0 fully saturated rings. The van der Waals surface area contributed by atoms with Gasteiger partial charge in [-0.2, -0.15) is 0 Å². The first-order valence-electron chi connectivity index (χ1n) is 4.66. The number of hydrogen-bond donors (Lipinski definition) is 0. The van der Waals surface area contributed by atoms with Crippen molar-refractivity contribution in [1.29, 1.82) is 0 Å². The molecule has 0 amide bonds. The molecular weight excluding hydrogens is 478 g/mol. The molecule has 0 spiro atoms. The Labute approximate surface area is 122 Å². The zero-order valence-corrected chi connectivity index (χ0v) is 14.1. The number of halogens is 3. The summed E-state index contributed by atoms with van der Waals surface area (Å²) in [4.78, 5) is 0. The summed E-state index contributed by atoms with van der Waals surface area (Å²) in [5, 5.41) is 2.79. The number of benzene rings is 2. The SMILES string of the molecule is [Cl][Au]([Cl])[Cl].c1ccc(Pc2ccccc2)cc1. The molecule has 0 aliphatic carbocycles. The van der Waals surface area contributed by atoms with Crippen LogP contribution in [0.4, 0.5) is 0 Å². The Hall–Kier alpha value is 0.480. The maximum Gasteiger partial charge on any atom is -0.0226 e. The molecule has 0 aliphatic heterocycles. The van der Waals surface area contributed by atoms with Crippen LogP contribution in [0, 0.1) is 0 Å². The van der Waals surface area contributed by atoms with E-state index in [0.717, 1.165) is 8.58 Å². The molecule has 0 unspecified atom stereocenters. The van der Waals surface area contributed by atoms with Gasteiger partial charge in [-0.3, -0.25) is 0 Å². The van der Waals surface area contributed by atoms with E-state index in [1.807, 2.05) is 0 Å². The number of hydrogen-bond acceptors (Lipinski definition) is 0. The van der Waals surface area contributed by atoms with Gasteiger partial charge < -0.3 is 0 Å². The maximum absolute atomic E-state index is 4.95. The largest absolute Gasteiger partial charge is 0.0622 e. The van der Waals surface area contributed by atoms with Gasteiger partial charge in [-0.25, -0.2) is 0 Å².